The van der Waals surface area contributed by atoms with Crippen LogP contribution in [0.3, 0.4) is 0 Å². The highest BCUT2D eigenvalue weighted by molar-refractivity contribution is 7.08. The van der Waals surface area contributed by atoms with Crippen LogP contribution in [0.15, 0.2) is 16.8 Å². The van der Waals surface area contributed by atoms with Crippen LogP contribution < -0.4 is 0 Å². The number of fused-ring (bicyclic) bond motifs is 1. The molecular formula is C19H25N3O3S. The molecule has 7 heteroatoms. The summed E-state index contributed by atoms with van der Waals surface area (Å²) in [6.07, 6.45) is 2.48. The lowest BCUT2D eigenvalue weighted by Gasteiger charge is -2.32. The van der Waals surface area contributed by atoms with Crippen molar-refractivity contribution in [3.8, 4) is 0 Å². The van der Waals surface area contributed by atoms with Gasteiger partial charge < -0.3 is 14.7 Å². The molecule has 140 valence electrons. The minimum Gasteiger partial charge on any atom is -0.342 e. The van der Waals surface area contributed by atoms with E-state index < -0.39 is 5.41 Å². The Labute approximate surface area is 157 Å². The molecule has 0 aromatic carbocycles. The second kappa shape index (κ2) is 6.68. The lowest BCUT2D eigenvalue weighted by molar-refractivity contribution is -0.142. The van der Waals surface area contributed by atoms with Crippen molar-refractivity contribution in [3.05, 3.63) is 22.4 Å². The molecule has 3 aliphatic rings. The minimum absolute atomic E-state index is 0.0177. The smallest absolute Gasteiger partial charge is 0.232 e. The molecule has 3 saturated heterocycles. The van der Waals surface area contributed by atoms with E-state index in [2.05, 4.69) is 0 Å². The molecule has 4 rings (SSSR count). The molecule has 0 unspecified atom stereocenters. The first-order valence-electron chi connectivity index (χ1n) is 9.33. The summed E-state index contributed by atoms with van der Waals surface area (Å²) in [7, 11) is 0. The largest absolute Gasteiger partial charge is 0.342 e. The van der Waals surface area contributed by atoms with Crippen LogP contribution in [0, 0.1) is 11.3 Å². The predicted octanol–water partition coefficient (Wildman–Crippen LogP) is 1.22. The standard InChI is InChI=1S/C19H25N3O3S/c1-14(23)21-9-16-10-22(17(24)8-15-4-7-26-11-15)13-19(16,12-21)18(25)20-5-2-3-6-20/h4,7,11,16H,2-3,5-6,8-10,12-13H2,1H3/t16-,19-/m0/s1. The number of likely N-dealkylation sites (tertiary alicyclic amines) is 3. The van der Waals surface area contributed by atoms with Crippen LogP contribution in [0.2, 0.25) is 0 Å². The zero-order valence-electron chi connectivity index (χ0n) is 15.1. The fourth-order valence-corrected chi connectivity index (χ4v) is 5.38. The Morgan fingerprint density at radius 3 is 2.46 bits per heavy atom. The van der Waals surface area contributed by atoms with Gasteiger partial charge >= 0.3 is 0 Å². The van der Waals surface area contributed by atoms with E-state index >= 15 is 0 Å². The molecule has 0 aliphatic carbocycles. The van der Waals surface area contributed by atoms with Crippen molar-refractivity contribution in [1.29, 1.82) is 0 Å². The fourth-order valence-electron chi connectivity index (χ4n) is 4.71. The number of hydrogen-bond acceptors (Lipinski definition) is 4. The van der Waals surface area contributed by atoms with Crippen LogP contribution in [-0.4, -0.2) is 71.7 Å². The highest BCUT2D eigenvalue weighted by Gasteiger charge is 2.59. The summed E-state index contributed by atoms with van der Waals surface area (Å²) in [5, 5.41) is 3.97. The third-order valence-electron chi connectivity index (χ3n) is 6.16. The number of thiophene rings is 1. The van der Waals surface area contributed by atoms with E-state index in [1.54, 1.807) is 23.2 Å². The summed E-state index contributed by atoms with van der Waals surface area (Å²) < 4.78 is 0. The van der Waals surface area contributed by atoms with E-state index in [0.29, 0.717) is 32.6 Å². The number of nitrogens with zero attached hydrogens (tertiary/aromatic N) is 3. The third kappa shape index (κ3) is 2.92. The fraction of sp³-hybridized carbons (Fsp3) is 0.632. The van der Waals surface area contributed by atoms with Gasteiger partial charge in [0.05, 0.1) is 11.8 Å². The number of hydrogen-bond donors (Lipinski definition) is 0. The van der Waals surface area contributed by atoms with E-state index in [1.807, 2.05) is 26.6 Å². The Bertz CT molecular complexity index is 714. The zero-order chi connectivity index (χ0) is 18.3. The molecule has 3 fully saturated rings. The Balaban J connectivity index is 1.54. The van der Waals surface area contributed by atoms with Gasteiger partial charge in [-0.1, -0.05) is 0 Å². The number of rotatable bonds is 3. The highest BCUT2D eigenvalue weighted by atomic mass is 32.1. The maximum Gasteiger partial charge on any atom is 0.232 e. The van der Waals surface area contributed by atoms with E-state index in [1.165, 1.54) is 0 Å². The molecular weight excluding hydrogens is 350 g/mol. The van der Waals surface area contributed by atoms with Gasteiger partial charge in [-0.3, -0.25) is 14.4 Å². The second-order valence-electron chi connectivity index (χ2n) is 7.83. The summed E-state index contributed by atoms with van der Waals surface area (Å²) in [5.41, 5.74) is 0.419. The maximum absolute atomic E-state index is 13.4. The van der Waals surface area contributed by atoms with Gasteiger partial charge in [-0.2, -0.15) is 11.3 Å². The average molecular weight is 375 g/mol. The van der Waals surface area contributed by atoms with E-state index in [9.17, 15) is 14.4 Å². The zero-order valence-corrected chi connectivity index (χ0v) is 16.0. The SMILES string of the molecule is CC(=O)N1C[C@H]2CN(C(=O)Cc3ccsc3)C[C@@]2(C(=O)N2CCCC2)C1. The Hall–Kier alpha value is -1.89. The molecule has 6 nitrogen and oxygen atoms in total. The van der Waals surface area contributed by atoms with E-state index in [-0.39, 0.29) is 23.6 Å². The Kier molecular flexibility index (Phi) is 4.50. The third-order valence-corrected chi connectivity index (χ3v) is 6.89. The maximum atomic E-state index is 13.4. The van der Waals surface area contributed by atoms with Crippen molar-refractivity contribution in [2.45, 2.75) is 26.2 Å². The van der Waals surface area contributed by atoms with Gasteiger partial charge in [-0.25, -0.2) is 0 Å². The monoisotopic (exact) mass is 375 g/mol. The molecule has 0 bridgehead atoms. The van der Waals surface area contributed by atoms with Gasteiger partial charge in [0.1, 0.15) is 0 Å². The van der Waals surface area contributed by atoms with Crippen LogP contribution in [-0.2, 0) is 20.8 Å². The quantitative estimate of drug-likeness (QED) is 0.798. The van der Waals surface area contributed by atoms with Gasteiger partial charge in [-0.05, 0) is 35.2 Å². The first kappa shape index (κ1) is 17.5. The first-order chi connectivity index (χ1) is 12.5. The summed E-state index contributed by atoms with van der Waals surface area (Å²) in [5.74, 6) is 0.297. The van der Waals surface area contributed by atoms with Gasteiger partial charge in [0, 0.05) is 52.1 Å². The van der Waals surface area contributed by atoms with Gasteiger partial charge in [-0.15, -0.1) is 0 Å². The van der Waals surface area contributed by atoms with Gasteiger partial charge in [0.2, 0.25) is 17.7 Å². The summed E-state index contributed by atoms with van der Waals surface area (Å²) in [4.78, 5) is 43.6. The summed E-state index contributed by atoms with van der Waals surface area (Å²) in [6, 6.07) is 1.97. The van der Waals surface area contributed by atoms with Crippen LogP contribution in [0.1, 0.15) is 25.3 Å². The first-order valence-corrected chi connectivity index (χ1v) is 10.3. The number of carbonyl (C=O) groups is 3. The van der Waals surface area contributed by atoms with Crippen LogP contribution in [0.5, 0.6) is 0 Å². The van der Waals surface area contributed by atoms with E-state index in [4.69, 9.17) is 0 Å². The second-order valence-corrected chi connectivity index (χ2v) is 8.61. The molecule has 0 saturated carbocycles. The number of carbonyl (C=O) groups excluding carboxylic acids is 3. The lowest BCUT2D eigenvalue weighted by atomic mass is 9.79. The normalized spacial score (nSPS) is 27.9. The molecule has 2 atom stereocenters. The molecule has 4 heterocycles. The molecule has 0 radical (unpaired) electrons. The van der Waals surface area contributed by atoms with Crippen molar-refractivity contribution < 1.29 is 14.4 Å². The van der Waals surface area contributed by atoms with Gasteiger partial charge in [0.25, 0.3) is 0 Å². The molecule has 3 amide bonds. The minimum atomic E-state index is -0.611. The van der Waals surface area contributed by atoms with Crippen molar-refractivity contribution >= 4 is 29.1 Å². The van der Waals surface area contributed by atoms with Crippen LogP contribution in [0.4, 0.5) is 0 Å². The van der Waals surface area contributed by atoms with Crippen molar-refractivity contribution in [2.75, 3.05) is 39.3 Å². The predicted molar refractivity (Wildman–Crippen MR) is 98.6 cm³/mol. The highest BCUT2D eigenvalue weighted by Crippen LogP contribution is 2.44. The lowest BCUT2D eigenvalue weighted by Crippen LogP contribution is -2.49. The van der Waals surface area contributed by atoms with Crippen molar-refractivity contribution in [2.24, 2.45) is 11.3 Å². The average Bonchev–Trinajstić information content (AvgIpc) is 3.36. The topological polar surface area (TPSA) is 60.9 Å². The molecule has 26 heavy (non-hydrogen) atoms. The van der Waals surface area contributed by atoms with E-state index in [0.717, 1.165) is 31.5 Å². The van der Waals surface area contributed by atoms with Crippen LogP contribution in [0.25, 0.3) is 0 Å². The van der Waals surface area contributed by atoms with Crippen molar-refractivity contribution in [3.63, 3.8) is 0 Å². The molecule has 1 aromatic rings. The molecule has 0 N–H and O–H groups in total. The van der Waals surface area contributed by atoms with Crippen molar-refractivity contribution in [1.82, 2.24) is 14.7 Å². The van der Waals surface area contributed by atoms with Gasteiger partial charge in [0.15, 0.2) is 0 Å². The Morgan fingerprint density at radius 1 is 1.12 bits per heavy atom. The molecule has 1 aromatic heterocycles. The molecule has 0 spiro atoms. The van der Waals surface area contributed by atoms with Crippen LogP contribution >= 0.6 is 11.3 Å². The summed E-state index contributed by atoms with van der Waals surface area (Å²) >= 11 is 1.59. The molecule has 3 aliphatic heterocycles. The summed E-state index contributed by atoms with van der Waals surface area (Å²) in [6.45, 7) is 5.22. The number of amides is 3. The Morgan fingerprint density at radius 2 is 1.81 bits per heavy atom.